The van der Waals surface area contributed by atoms with Gasteiger partial charge in [0, 0.05) is 19.0 Å². The monoisotopic (exact) mass is 365 g/mol. The minimum Gasteiger partial charge on any atom is -0.471 e. The lowest BCUT2D eigenvalue weighted by atomic mass is 10.2. The summed E-state index contributed by atoms with van der Waals surface area (Å²) >= 11 is 0. The van der Waals surface area contributed by atoms with Crippen molar-refractivity contribution in [2.75, 3.05) is 13.1 Å². The normalized spacial score (nSPS) is 16.6. The van der Waals surface area contributed by atoms with Crippen LogP contribution >= 0.6 is 0 Å². The molecule has 1 atom stereocenters. The van der Waals surface area contributed by atoms with E-state index in [9.17, 15) is 9.59 Å². The molecule has 0 bridgehead atoms. The van der Waals surface area contributed by atoms with Crippen LogP contribution < -0.4 is 10.3 Å². The molecule has 1 aromatic carbocycles. The van der Waals surface area contributed by atoms with Gasteiger partial charge in [0.2, 0.25) is 11.8 Å². The van der Waals surface area contributed by atoms with E-state index in [1.54, 1.807) is 29.2 Å². The van der Waals surface area contributed by atoms with Crippen LogP contribution in [-0.4, -0.2) is 49.7 Å². The summed E-state index contributed by atoms with van der Waals surface area (Å²) in [6.07, 6.45) is 2.01. The van der Waals surface area contributed by atoms with Gasteiger partial charge in [0.25, 0.3) is 5.56 Å². The van der Waals surface area contributed by atoms with Gasteiger partial charge in [-0.2, -0.15) is 5.10 Å². The number of aromatic nitrogens is 4. The Morgan fingerprint density at radius 2 is 2.07 bits per heavy atom. The zero-order valence-electron chi connectivity index (χ0n) is 14.9. The fourth-order valence-electron chi connectivity index (χ4n) is 3.14. The molecule has 0 spiro atoms. The van der Waals surface area contributed by atoms with Crippen molar-refractivity contribution in [2.45, 2.75) is 26.0 Å². The number of ether oxygens (including phenoxy) is 1. The Morgan fingerprint density at radius 3 is 2.89 bits per heavy atom. The van der Waals surface area contributed by atoms with Gasteiger partial charge < -0.3 is 9.64 Å². The first-order chi connectivity index (χ1) is 13.1. The Bertz CT molecular complexity index is 1030. The molecule has 0 radical (unpaired) electrons. The van der Waals surface area contributed by atoms with Gasteiger partial charge in [-0.25, -0.2) is 4.98 Å². The SMILES string of the molecule is Cc1ccc(OC2CCN(C(=O)Cn3cnc4ccccc4c3=O)C2)nn1. The molecule has 0 saturated carbocycles. The summed E-state index contributed by atoms with van der Waals surface area (Å²) in [4.78, 5) is 31.1. The highest BCUT2D eigenvalue weighted by molar-refractivity contribution is 5.79. The molecule has 138 valence electrons. The standard InChI is InChI=1S/C19H19N5O3/c1-13-6-7-17(22-21-13)27-14-8-9-23(10-14)18(25)11-24-12-20-16-5-3-2-4-15(16)19(24)26/h2-7,12,14H,8-11H2,1H3. The average Bonchev–Trinajstić information content (AvgIpc) is 3.15. The molecular weight excluding hydrogens is 346 g/mol. The quantitative estimate of drug-likeness (QED) is 0.689. The lowest BCUT2D eigenvalue weighted by molar-refractivity contribution is -0.131. The third-order valence-corrected chi connectivity index (χ3v) is 4.60. The van der Waals surface area contributed by atoms with Crippen molar-refractivity contribution in [1.29, 1.82) is 0 Å². The Hall–Kier alpha value is -3.29. The second-order valence-electron chi connectivity index (χ2n) is 6.58. The number of carbonyl (C=O) groups excluding carboxylic acids is 1. The van der Waals surface area contributed by atoms with E-state index in [-0.39, 0.29) is 24.1 Å². The fraction of sp³-hybridized carbons (Fsp3) is 0.316. The molecule has 8 nitrogen and oxygen atoms in total. The highest BCUT2D eigenvalue weighted by Gasteiger charge is 2.28. The summed E-state index contributed by atoms with van der Waals surface area (Å²) < 4.78 is 7.15. The van der Waals surface area contributed by atoms with E-state index in [0.717, 1.165) is 5.69 Å². The van der Waals surface area contributed by atoms with Crippen LogP contribution in [0.3, 0.4) is 0 Å². The zero-order chi connectivity index (χ0) is 18.8. The number of likely N-dealkylation sites (tertiary alicyclic amines) is 1. The smallest absolute Gasteiger partial charge is 0.261 e. The molecule has 2 aromatic heterocycles. The Labute approximate surface area is 155 Å². The highest BCUT2D eigenvalue weighted by Crippen LogP contribution is 2.16. The zero-order valence-corrected chi connectivity index (χ0v) is 14.9. The minimum absolute atomic E-state index is 0.0340. The summed E-state index contributed by atoms with van der Waals surface area (Å²) in [5.74, 6) is 0.324. The number of nitrogens with zero attached hydrogens (tertiary/aromatic N) is 5. The topological polar surface area (TPSA) is 90.2 Å². The lowest BCUT2D eigenvalue weighted by Crippen LogP contribution is -2.36. The molecular formula is C19H19N5O3. The molecule has 0 N–H and O–H groups in total. The first kappa shape index (κ1) is 17.1. The number of hydrogen-bond acceptors (Lipinski definition) is 6. The van der Waals surface area contributed by atoms with E-state index in [1.165, 1.54) is 10.9 Å². The van der Waals surface area contributed by atoms with Gasteiger partial charge >= 0.3 is 0 Å². The van der Waals surface area contributed by atoms with Gasteiger partial charge in [-0.05, 0) is 25.1 Å². The number of hydrogen-bond donors (Lipinski definition) is 0. The Balaban J connectivity index is 1.41. The molecule has 1 fully saturated rings. The maximum atomic E-state index is 12.6. The van der Waals surface area contributed by atoms with Crippen LogP contribution in [0.1, 0.15) is 12.1 Å². The molecule has 3 aromatic rings. The van der Waals surface area contributed by atoms with Crippen molar-refractivity contribution in [3.8, 4) is 5.88 Å². The van der Waals surface area contributed by atoms with Crippen molar-refractivity contribution in [3.05, 3.63) is 58.8 Å². The van der Waals surface area contributed by atoms with E-state index < -0.39 is 0 Å². The number of amides is 1. The molecule has 27 heavy (non-hydrogen) atoms. The van der Waals surface area contributed by atoms with Gasteiger partial charge in [-0.15, -0.1) is 5.10 Å². The van der Waals surface area contributed by atoms with Crippen molar-refractivity contribution >= 4 is 16.8 Å². The van der Waals surface area contributed by atoms with Crippen molar-refractivity contribution in [1.82, 2.24) is 24.6 Å². The molecule has 1 saturated heterocycles. The number of aryl methyl sites for hydroxylation is 1. The maximum absolute atomic E-state index is 12.6. The summed E-state index contributed by atoms with van der Waals surface area (Å²) in [6, 6.07) is 10.7. The van der Waals surface area contributed by atoms with Crippen LogP contribution in [0.2, 0.25) is 0 Å². The van der Waals surface area contributed by atoms with Crippen LogP contribution in [-0.2, 0) is 11.3 Å². The average molecular weight is 365 g/mol. The number of benzene rings is 1. The minimum atomic E-state index is -0.212. The highest BCUT2D eigenvalue weighted by atomic mass is 16.5. The van der Waals surface area contributed by atoms with Gasteiger partial charge in [0.05, 0.1) is 29.5 Å². The van der Waals surface area contributed by atoms with Crippen LogP contribution in [0.25, 0.3) is 10.9 Å². The predicted molar refractivity (Wildman–Crippen MR) is 98.4 cm³/mol. The van der Waals surface area contributed by atoms with Crippen molar-refractivity contribution < 1.29 is 9.53 Å². The molecule has 0 aliphatic carbocycles. The van der Waals surface area contributed by atoms with Gasteiger partial charge in [-0.3, -0.25) is 14.2 Å². The number of rotatable bonds is 4. The summed E-state index contributed by atoms with van der Waals surface area (Å²) in [5.41, 5.74) is 1.23. The van der Waals surface area contributed by atoms with E-state index in [4.69, 9.17) is 4.74 Å². The fourth-order valence-corrected chi connectivity index (χ4v) is 3.14. The van der Waals surface area contributed by atoms with Gasteiger partial charge in [-0.1, -0.05) is 12.1 Å². The summed E-state index contributed by atoms with van der Waals surface area (Å²) in [7, 11) is 0. The molecule has 4 rings (SSSR count). The van der Waals surface area contributed by atoms with Gasteiger partial charge in [0.15, 0.2) is 0 Å². The molecule has 1 aliphatic rings. The molecule has 3 heterocycles. The van der Waals surface area contributed by atoms with Crippen LogP contribution in [0.15, 0.2) is 47.5 Å². The summed E-state index contributed by atoms with van der Waals surface area (Å²) in [6.45, 7) is 2.87. The second-order valence-corrected chi connectivity index (χ2v) is 6.58. The largest absolute Gasteiger partial charge is 0.471 e. The van der Waals surface area contributed by atoms with E-state index >= 15 is 0 Å². The van der Waals surface area contributed by atoms with Crippen LogP contribution in [0, 0.1) is 6.92 Å². The van der Waals surface area contributed by atoms with E-state index in [2.05, 4.69) is 15.2 Å². The molecule has 1 amide bonds. The number of carbonyl (C=O) groups is 1. The molecule has 1 unspecified atom stereocenters. The number of fused-ring (bicyclic) bond motifs is 1. The van der Waals surface area contributed by atoms with Crippen molar-refractivity contribution in [2.24, 2.45) is 0 Å². The first-order valence-electron chi connectivity index (χ1n) is 8.79. The molecule has 8 heteroatoms. The van der Waals surface area contributed by atoms with Crippen LogP contribution in [0.4, 0.5) is 0 Å². The molecule has 1 aliphatic heterocycles. The van der Waals surface area contributed by atoms with Crippen LogP contribution in [0.5, 0.6) is 5.88 Å². The van der Waals surface area contributed by atoms with Gasteiger partial charge in [0.1, 0.15) is 12.6 Å². The van der Waals surface area contributed by atoms with Crippen molar-refractivity contribution in [3.63, 3.8) is 0 Å². The Kier molecular flexibility index (Phi) is 4.53. The second kappa shape index (κ2) is 7.14. The third-order valence-electron chi connectivity index (χ3n) is 4.60. The maximum Gasteiger partial charge on any atom is 0.261 e. The third kappa shape index (κ3) is 3.64. The first-order valence-corrected chi connectivity index (χ1v) is 8.79. The van der Waals surface area contributed by atoms with E-state index in [0.29, 0.717) is 36.3 Å². The number of para-hydroxylation sites is 1. The van der Waals surface area contributed by atoms with E-state index in [1.807, 2.05) is 19.1 Å². The summed E-state index contributed by atoms with van der Waals surface area (Å²) in [5, 5.41) is 8.46. The Morgan fingerprint density at radius 1 is 1.22 bits per heavy atom. The predicted octanol–water partition coefficient (Wildman–Crippen LogP) is 1.17. The lowest BCUT2D eigenvalue weighted by Gasteiger charge is -2.17.